The number of anilines is 1. The minimum Gasteiger partial charge on any atom is -0.390 e. The Balaban J connectivity index is 2.21. The van der Waals surface area contributed by atoms with Crippen molar-refractivity contribution in [1.29, 1.82) is 5.41 Å². The second-order valence-electron chi connectivity index (χ2n) is 5.09. The number of piperidine rings is 1. The van der Waals surface area contributed by atoms with Crippen LogP contribution in [0.1, 0.15) is 31.2 Å². The summed E-state index contributed by atoms with van der Waals surface area (Å²) in [6.45, 7) is 5.14. The van der Waals surface area contributed by atoms with Gasteiger partial charge in [0.15, 0.2) is 0 Å². The predicted molar refractivity (Wildman–Crippen MR) is 69.9 cm³/mol. The van der Waals surface area contributed by atoms with Crippen molar-refractivity contribution in [3.05, 3.63) is 17.5 Å². The average Bonchev–Trinajstić information content (AvgIpc) is 2.28. The summed E-state index contributed by atoms with van der Waals surface area (Å²) in [6, 6.07) is 1.70. The fourth-order valence-corrected chi connectivity index (χ4v) is 2.02. The summed E-state index contributed by atoms with van der Waals surface area (Å²) in [7, 11) is 0. The van der Waals surface area contributed by atoms with E-state index in [0.717, 1.165) is 5.69 Å². The molecule has 18 heavy (non-hydrogen) atoms. The van der Waals surface area contributed by atoms with Crippen molar-refractivity contribution in [1.82, 2.24) is 9.97 Å². The Morgan fingerprint density at radius 2 is 2.06 bits per heavy atom. The summed E-state index contributed by atoms with van der Waals surface area (Å²) >= 11 is 0. The van der Waals surface area contributed by atoms with Gasteiger partial charge < -0.3 is 15.7 Å². The third kappa shape index (κ3) is 2.76. The van der Waals surface area contributed by atoms with Gasteiger partial charge in [0, 0.05) is 18.8 Å². The molecular formula is C12H19N5O. The summed E-state index contributed by atoms with van der Waals surface area (Å²) in [6.07, 6.45) is 1.39. The minimum atomic E-state index is -0.594. The molecular weight excluding hydrogens is 230 g/mol. The van der Waals surface area contributed by atoms with Crippen molar-refractivity contribution in [3.8, 4) is 0 Å². The van der Waals surface area contributed by atoms with Crippen LogP contribution >= 0.6 is 0 Å². The van der Waals surface area contributed by atoms with E-state index in [1.165, 1.54) is 0 Å². The Kier molecular flexibility index (Phi) is 3.21. The quantitative estimate of drug-likeness (QED) is 0.521. The first-order valence-corrected chi connectivity index (χ1v) is 6.05. The molecule has 0 saturated carbocycles. The monoisotopic (exact) mass is 249 g/mol. The third-order valence-corrected chi connectivity index (χ3v) is 3.24. The van der Waals surface area contributed by atoms with Gasteiger partial charge in [0.25, 0.3) is 0 Å². The zero-order chi connectivity index (χ0) is 13.3. The van der Waals surface area contributed by atoms with E-state index in [0.29, 0.717) is 37.6 Å². The van der Waals surface area contributed by atoms with Crippen molar-refractivity contribution < 1.29 is 5.11 Å². The lowest BCUT2D eigenvalue weighted by Gasteiger charge is -2.35. The maximum absolute atomic E-state index is 9.91. The molecule has 0 atom stereocenters. The SMILES string of the molecule is Cc1cc(C(=N)N)nc(N2CCC(C)(O)CC2)n1. The highest BCUT2D eigenvalue weighted by Crippen LogP contribution is 2.23. The molecule has 4 N–H and O–H groups in total. The number of hydrogen-bond donors (Lipinski definition) is 3. The van der Waals surface area contributed by atoms with Crippen LogP contribution < -0.4 is 10.6 Å². The molecule has 6 heteroatoms. The molecule has 0 unspecified atom stereocenters. The first kappa shape index (κ1) is 12.8. The fraction of sp³-hybridized carbons (Fsp3) is 0.583. The van der Waals surface area contributed by atoms with Crippen molar-refractivity contribution in [2.75, 3.05) is 18.0 Å². The Morgan fingerprint density at radius 3 is 2.61 bits per heavy atom. The second-order valence-corrected chi connectivity index (χ2v) is 5.09. The van der Waals surface area contributed by atoms with Gasteiger partial charge in [-0.3, -0.25) is 5.41 Å². The Labute approximate surface area is 106 Å². The number of nitrogens with two attached hydrogens (primary N) is 1. The average molecular weight is 249 g/mol. The van der Waals surface area contributed by atoms with E-state index in [2.05, 4.69) is 9.97 Å². The molecule has 0 aliphatic carbocycles. The second kappa shape index (κ2) is 4.53. The van der Waals surface area contributed by atoms with Crippen LogP contribution in [0.5, 0.6) is 0 Å². The number of aromatic nitrogens is 2. The van der Waals surface area contributed by atoms with Gasteiger partial charge in [-0.15, -0.1) is 0 Å². The van der Waals surface area contributed by atoms with Crippen molar-refractivity contribution >= 4 is 11.8 Å². The van der Waals surface area contributed by atoms with E-state index in [1.807, 2.05) is 18.7 Å². The standard InChI is InChI=1S/C12H19N5O/c1-8-7-9(10(13)14)16-11(15-8)17-5-3-12(2,18)4-6-17/h7,18H,3-6H2,1-2H3,(H3,13,14). The van der Waals surface area contributed by atoms with E-state index >= 15 is 0 Å². The topological polar surface area (TPSA) is 99.1 Å². The van der Waals surface area contributed by atoms with Crippen molar-refractivity contribution in [2.24, 2.45) is 5.73 Å². The van der Waals surface area contributed by atoms with Crippen molar-refractivity contribution in [3.63, 3.8) is 0 Å². The van der Waals surface area contributed by atoms with E-state index in [1.54, 1.807) is 6.07 Å². The number of hydrogen-bond acceptors (Lipinski definition) is 5. The molecule has 1 saturated heterocycles. The van der Waals surface area contributed by atoms with Crippen LogP contribution in [0.2, 0.25) is 0 Å². The van der Waals surface area contributed by atoms with Gasteiger partial charge in [-0.1, -0.05) is 0 Å². The van der Waals surface area contributed by atoms with Gasteiger partial charge in [-0.25, -0.2) is 9.97 Å². The first-order chi connectivity index (χ1) is 8.37. The number of aryl methyl sites for hydroxylation is 1. The smallest absolute Gasteiger partial charge is 0.226 e. The number of rotatable bonds is 2. The maximum Gasteiger partial charge on any atom is 0.226 e. The highest BCUT2D eigenvalue weighted by Gasteiger charge is 2.28. The maximum atomic E-state index is 9.91. The molecule has 2 rings (SSSR count). The van der Waals surface area contributed by atoms with Crippen LogP contribution in [0, 0.1) is 12.3 Å². The van der Waals surface area contributed by atoms with Gasteiger partial charge in [-0.2, -0.15) is 0 Å². The fourth-order valence-electron chi connectivity index (χ4n) is 2.02. The largest absolute Gasteiger partial charge is 0.390 e. The van der Waals surface area contributed by atoms with Gasteiger partial charge in [0.1, 0.15) is 11.5 Å². The Bertz CT molecular complexity index is 462. The van der Waals surface area contributed by atoms with Gasteiger partial charge >= 0.3 is 0 Å². The molecule has 1 aromatic heterocycles. The predicted octanol–water partition coefficient (Wildman–Crippen LogP) is 0.420. The molecule has 1 aliphatic rings. The lowest BCUT2D eigenvalue weighted by Crippen LogP contribution is -2.43. The van der Waals surface area contributed by atoms with E-state index in [9.17, 15) is 5.11 Å². The van der Waals surface area contributed by atoms with Crippen LogP contribution in [0.25, 0.3) is 0 Å². The van der Waals surface area contributed by atoms with Crippen LogP contribution in [-0.4, -0.2) is 39.6 Å². The number of nitrogens with zero attached hydrogens (tertiary/aromatic N) is 3. The van der Waals surface area contributed by atoms with Gasteiger partial charge in [0.05, 0.1) is 5.60 Å². The molecule has 1 aromatic rings. The summed E-state index contributed by atoms with van der Waals surface area (Å²) in [5.74, 6) is 0.543. The number of aliphatic hydroxyl groups is 1. The molecule has 1 fully saturated rings. The lowest BCUT2D eigenvalue weighted by molar-refractivity contribution is 0.0349. The van der Waals surface area contributed by atoms with Gasteiger partial charge in [0.2, 0.25) is 5.95 Å². The summed E-state index contributed by atoms with van der Waals surface area (Å²) in [5, 5.41) is 17.3. The molecule has 0 aromatic carbocycles. The molecule has 0 bridgehead atoms. The third-order valence-electron chi connectivity index (χ3n) is 3.24. The van der Waals surface area contributed by atoms with Crippen molar-refractivity contribution in [2.45, 2.75) is 32.3 Å². The molecule has 1 aliphatic heterocycles. The highest BCUT2D eigenvalue weighted by molar-refractivity contribution is 5.93. The lowest BCUT2D eigenvalue weighted by atomic mass is 9.94. The van der Waals surface area contributed by atoms with E-state index < -0.39 is 5.60 Å². The molecule has 0 radical (unpaired) electrons. The molecule has 98 valence electrons. The number of nitrogen functional groups attached to an aromatic ring is 1. The van der Waals surface area contributed by atoms with Crippen LogP contribution in [0.15, 0.2) is 6.07 Å². The zero-order valence-corrected chi connectivity index (χ0v) is 10.8. The van der Waals surface area contributed by atoms with Crippen LogP contribution in [0.4, 0.5) is 5.95 Å². The summed E-state index contributed by atoms with van der Waals surface area (Å²) in [4.78, 5) is 10.7. The first-order valence-electron chi connectivity index (χ1n) is 6.05. The molecule has 0 amide bonds. The number of amidine groups is 1. The van der Waals surface area contributed by atoms with Gasteiger partial charge in [-0.05, 0) is 32.8 Å². The van der Waals surface area contributed by atoms with Crippen LogP contribution in [-0.2, 0) is 0 Å². The number of nitrogens with one attached hydrogen (secondary N) is 1. The zero-order valence-electron chi connectivity index (χ0n) is 10.8. The Morgan fingerprint density at radius 1 is 1.44 bits per heavy atom. The summed E-state index contributed by atoms with van der Waals surface area (Å²) < 4.78 is 0. The van der Waals surface area contributed by atoms with E-state index in [4.69, 9.17) is 11.1 Å². The molecule has 6 nitrogen and oxygen atoms in total. The normalized spacial score (nSPS) is 18.7. The Hall–Kier alpha value is -1.69. The minimum absolute atomic E-state index is 0.0502. The molecule has 0 spiro atoms. The summed E-state index contributed by atoms with van der Waals surface area (Å²) in [5.41, 5.74) is 6.11. The molecule has 2 heterocycles. The van der Waals surface area contributed by atoms with Crippen LogP contribution in [0.3, 0.4) is 0 Å². The van der Waals surface area contributed by atoms with E-state index in [-0.39, 0.29) is 5.84 Å². The highest BCUT2D eigenvalue weighted by atomic mass is 16.3.